The Bertz CT molecular complexity index is 203. The van der Waals surface area contributed by atoms with Crippen LogP contribution < -0.4 is 0 Å². The Labute approximate surface area is 82.0 Å². The summed E-state index contributed by atoms with van der Waals surface area (Å²) in [4.78, 5) is 11.5. The summed E-state index contributed by atoms with van der Waals surface area (Å²) in [5, 5.41) is 0.988. The van der Waals surface area contributed by atoms with Gasteiger partial charge in [-0.3, -0.25) is 4.79 Å². The van der Waals surface area contributed by atoms with Crippen LogP contribution >= 0.6 is 0 Å². The number of methoxy groups -OCH3 is 1. The van der Waals surface area contributed by atoms with Gasteiger partial charge in [-0.25, -0.2) is 0 Å². The smallest absolute Gasteiger partial charge is 0.165 e. The number of hydrogen-bond acceptors (Lipinski definition) is 2. The van der Waals surface area contributed by atoms with Crippen molar-refractivity contribution in [3.63, 3.8) is 0 Å². The molecule has 2 nitrogen and oxygen atoms in total. The molecular weight excluding hydrogens is 180 g/mol. The molecule has 0 aromatic carbocycles. The van der Waals surface area contributed by atoms with Crippen LogP contribution in [0.2, 0.25) is 19.6 Å². The fourth-order valence-corrected chi connectivity index (χ4v) is 2.11. The van der Waals surface area contributed by atoms with Crippen LogP contribution in [0, 0.1) is 0 Å². The Morgan fingerprint density at radius 3 is 2.15 bits per heavy atom. The number of carbonyl (C=O) groups excluding carboxylic acids is 1. The monoisotopic (exact) mass is 200 g/mol. The molecule has 0 aromatic heterocycles. The molecule has 3 heteroatoms. The van der Waals surface area contributed by atoms with Gasteiger partial charge in [0.2, 0.25) is 0 Å². The molecule has 0 N–H and O–H groups in total. The van der Waals surface area contributed by atoms with Crippen LogP contribution in [0.3, 0.4) is 0 Å². The molecule has 1 unspecified atom stereocenters. The standard InChI is InChI=1S/C10H20O2Si/c1-7-9(11)10(12-3)8(2)13(4,5)6/h10H,2,7H2,1,3-6H3. The molecule has 0 radical (unpaired) electrons. The van der Waals surface area contributed by atoms with E-state index in [9.17, 15) is 4.79 Å². The molecule has 76 valence electrons. The van der Waals surface area contributed by atoms with Gasteiger partial charge >= 0.3 is 0 Å². The van der Waals surface area contributed by atoms with Crippen LogP contribution in [0.5, 0.6) is 0 Å². The zero-order chi connectivity index (χ0) is 10.6. The lowest BCUT2D eigenvalue weighted by molar-refractivity contribution is -0.126. The van der Waals surface area contributed by atoms with Gasteiger partial charge in [0.25, 0.3) is 0 Å². The first-order valence-electron chi connectivity index (χ1n) is 4.59. The number of hydrogen-bond donors (Lipinski definition) is 0. The summed E-state index contributed by atoms with van der Waals surface area (Å²) in [6.45, 7) is 12.3. The van der Waals surface area contributed by atoms with Crippen molar-refractivity contribution in [3.8, 4) is 0 Å². The van der Waals surface area contributed by atoms with Crippen LogP contribution in [0.25, 0.3) is 0 Å². The summed E-state index contributed by atoms with van der Waals surface area (Å²) in [7, 11) is 0.109. The third kappa shape index (κ3) is 3.44. The van der Waals surface area contributed by atoms with Gasteiger partial charge in [0.15, 0.2) is 5.78 Å². The first-order valence-corrected chi connectivity index (χ1v) is 8.09. The summed E-state index contributed by atoms with van der Waals surface area (Å²) in [6.07, 6.45) is 0.138. The van der Waals surface area contributed by atoms with Crippen molar-refractivity contribution in [1.29, 1.82) is 0 Å². The molecular formula is C10H20O2Si. The van der Waals surface area contributed by atoms with Gasteiger partial charge in [-0.2, -0.15) is 0 Å². The maximum atomic E-state index is 11.5. The molecule has 0 heterocycles. The van der Waals surface area contributed by atoms with E-state index in [1.54, 1.807) is 7.11 Å². The molecule has 13 heavy (non-hydrogen) atoms. The van der Waals surface area contributed by atoms with Gasteiger partial charge in [-0.15, -0.1) is 6.58 Å². The average Bonchev–Trinajstić information content (AvgIpc) is 2.03. The number of ketones is 1. The van der Waals surface area contributed by atoms with Crippen LogP contribution in [-0.4, -0.2) is 27.1 Å². The topological polar surface area (TPSA) is 26.3 Å². The van der Waals surface area contributed by atoms with Crippen LogP contribution in [0.4, 0.5) is 0 Å². The van der Waals surface area contributed by atoms with Gasteiger partial charge < -0.3 is 4.74 Å². The minimum absolute atomic E-state index is 0.134. The van der Waals surface area contributed by atoms with E-state index in [1.807, 2.05) is 6.92 Å². The Balaban J connectivity index is 4.60. The highest BCUT2D eigenvalue weighted by molar-refractivity contribution is 6.83. The molecule has 0 saturated heterocycles. The molecule has 0 aliphatic carbocycles. The average molecular weight is 200 g/mol. The summed E-state index contributed by atoms with van der Waals surface area (Å²) in [6, 6.07) is 0. The number of carbonyl (C=O) groups is 1. The highest BCUT2D eigenvalue weighted by Crippen LogP contribution is 2.19. The van der Waals surface area contributed by atoms with E-state index in [4.69, 9.17) is 4.74 Å². The minimum atomic E-state index is -1.46. The minimum Gasteiger partial charge on any atom is -0.370 e. The highest BCUT2D eigenvalue weighted by Gasteiger charge is 2.28. The number of ether oxygens (including phenoxy) is 1. The second-order valence-corrected chi connectivity index (χ2v) is 9.35. The molecule has 0 aromatic rings. The normalized spacial score (nSPS) is 13.9. The van der Waals surface area contributed by atoms with Gasteiger partial charge in [-0.05, 0) is 0 Å². The maximum Gasteiger partial charge on any atom is 0.165 e. The molecule has 0 aliphatic heterocycles. The van der Waals surface area contributed by atoms with E-state index >= 15 is 0 Å². The molecule has 0 rings (SSSR count). The first-order chi connectivity index (χ1) is 5.84. The second-order valence-electron chi connectivity index (χ2n) is 4.21. The molecule has 0 spiro atoms. The SMILES string of the molecule is C=C(C(OC)C(=O)CC)[Si](C)(C)C. The van der Waals surface area contributed by atoms with Gasteiger partial charge in [-0.1, -0.05) is 31.8 Å². The van der Waals surface area contributed by atoms with Crippen molar-refractivity contribution in [1.82, 2.24) is 0 Å². The first kappa shape index (κ1) is 12.6. The Morgan fingerprint density at radius 2 is 1.92 bits per heavy atom. The highest BCUT2D eigenvalue weighted by atomic mass is 28.3. The molecule has 0 fully saturated rings. The quantitative estimate of drug-likeness (QED) is 0.637. The summed E-state index contributed by atoms with van der Waals surface area (Å²) in [5.74, 6) is 0.134. The third-order valence-electron chi connectivity index (χ3n) is 2.16. The number of rotatable bonds is 5. The second kappa shape index (κ2) is 4.72. The van der Waals surface area contributed by atoms with Crippen molar-refractivity contribution in [2.75, 3.05) is 7.11 Å². The van der Waals surface area contributed by atoms with E-state index in [2.05, 4.69) is 26.2 Å². The van der Waals surface area contributed by atoms with Crippen molar-refractivity contribution < 1.29 is 9.53 Å². The van der Waals surface area contributed by atoms with E-state index in [0.29, 0.717) is 6.42 Å². The largest absolute Gasteiger partial charge is 0.370 e. The fourth-order valence-electron chi connectivity index (χ4n) is 1.05. The predicted octanol–water partition coefficient (Wildman–Crippen LogP) is 2.41. The van der Waals surface area contributed by atoms with E-state index in [1.165, 1.54) is 0 Å². The van der Waals surface area contributed by atoms with Crippen molar-refractivity contribution in [2.45, 2.75) is 39.1 Å². The number of Topliss-reactive ketones (excluding diaryl/α,β-unsaturated/α-hetero) is 1. The third-order valence-corrected chi connectivity index (χ3v) is 4.35. The van der Waals surface area contributed by atoms with E-state index in [-0.39, 0.29) is 11.9 Å². The van der Waals surface area contributed by atoms with Crippen molar-refractivity contribution in [3.05, 3.63) is 11.8 Å². The van der Waals surface area contributed by atoms with Crippen LogP contribution in [0.15, 0.2) is 11.8 Å². The lowest BCUT2D eigenvalue weighted by Gasteiger charge is -2.25. The lowest BCUT2D eigenvalue weighted by Crippen LogP contribution is -2.37. The van der Waals surface area contributed by atoms with Gasteiger partial charge in [0.1, 0.15) is 6.10 Å². The van der Waals surface area contributed by atoms with E-state index < -0.39 is 8.07 Å². The van der Waals surface area contributed by atoms with Crippen LogP contribution in [0.1, 0.15) is 13.3 Å². The molecule has 0 aliphatic rings. The van der Waals surface area contributed by atoms with Crippen molar-refractivity contribution >= 4 is 13.9 Å². The van der Waals surface area contributed by atoms with Crippen molar-refractivity contribution in [2.24, 2.45) is 0 Å². The Hall–Kier alpha value is -0.413. The Morgan fingerprint density at radius 1 is 1.46 bits per heavy atom. The van der Waals surface area contributed by atoms with E-state index in [0.717, 1.165) is 5.20 Å². The maximum absolute atomic E-state index is 11.5. The molecule has 0 saturated carbocycles. The summed E-state index contributed by atoms with van der Waals surface area (Å²) >= 11 is 0. The van der Waals surface area contributed by atoms with Gasteiger partial charge in [0.05, 0.1) is 8.07 Å². The fraction of sp³-hybridized carbons (Fsp3) is 0.700. The summed E-state index contributed by atoms with van der Waals surface area (Å²) in [5.41, 5.74) is 0. The zero-order valence-corrected chi connectivity index (χ0v) is 10.3. The molecule has 1 atom stereocenters. The van der Waals surface area contributed by atoms with Crippen LogP contribution in [-0.2, 0) is 9.53 Å². The molecule has 0 bridgehead atoms. The Kier molecular flexibility index (Phi) is 4.57. The summed E-state index contributed by atoms with van der Waals surface area (Å²) < 4.78 is 5.18. The lowest BCUT2D eigenvalue weighted by atomic mass is 10.2. The molecule has 0 amide bonds. The predicted molar refractivity (Wildman–Crippen MR) is 58.6 cm³/mol. The van der Waals surface area contributed by atoms with Gasteiger partial charge in [0, 0.05) is 13.5 Å². The zero-order valence-electron chi connectivity index (χ0n) is 9.31.